The first-order chi connectivity index (χ1) is 9.79. The van der Waals surface area contributed by atoms with Gasteiger partial charge in [0.05, 0.1) is 6.10 Å². The second-order valence-electron chi connectivity index (χ2n) is 5.44. The lowest BCUT2D eigenvalue weighted by atomic mass is 9.92. The minimum absolute atomic E-state index is 0.255. The van der Waals surface area contributed by atoms with E-state index in [0.717, 1.165) is 19.3 Å². The SMILES string of the molecule is CCCC(O)Cc1c2ccccc2cc2ccccc12. The Morgan fingerprint density at radius 1 is 0.900 bits per heavy atom. The Morgan fingerprint density at radius 3 is 2.00 bits per heavy atom. The molecule has 0 fully saturated rings. The van der Waals surface area contributed by atoms with Crippen LogP contribution in [0.2, 0.25) is 0 Å². The summed E-state index contributed by atoms with van der Waals surface area (Å²) in [6.45, 7) is 2.12. The second kappa shape index (κ2) is 5.64. The molecule has 3 aromatic carbocycles. The first-order valence-electron chi connectivity index (χ1n) is 7.37. The fourth-order valence-electron chi connectivity index (χ4n) is 3.00. The standard InChI is InChI=1S/C19H20O/c1-2-7-16(20)13-19-17-10-5-3-8-14(17)12-15-9-4-6-11-18(15)19/h3-6,8-12,16,20H,2,7,13H2,1H3. The zero-order chi connectivity index (χ0) is 13.9. The minimum atomic E-state index is -0.255. The molecule has 0 heterocycles. The van der Waals surface area contributed by atoms with E-state index in [1.807, 2.05) is 0 Å². The Hall–Kier alpha value is -1.86. The van der Waals surface area contributed by atoms with E-state index in [-0.39, 0.29) is 6.10 Å². The number of aliphatic hydroxyl groups is 1. The van der Waals surface area contributed by atoms with E-state index in [2.05, 4.69) is 61.5 Å². The van der Waals surface area contributed by atoms with Crippen LogP contribution in [0.4, 0.5) is 0 Å². The summed E-state index contributed by atoms with van der Waals surface area (Å²) in [5.74, 6) is 0. The van der Waals surface area contributed by atoms with E-state index in [4.69, 9.17) is 0 Å². The van der Waals surface area contributed by atoms with Gasteiger partial charge in [0.1, 0.15) is 0 Å². The van der Waals surface area contributed by atoms with Gasteiger partial charge in [-0.3, -0.25) is 0 Å². The van der Waals surface area contributed by atoms with Gasteiger partial charge in [0.15, 0.2) is 0 Å². The van der Waals surface area contributed by atoms with Crippen molar-refractivity contribution in [3.63, 3.8) is 0 Å². The van der Waals surface area contributed by atoms with E-state index in [1.165, 1.54) is 27.1 Å². The molecule has 102 valence electrons. The van der Waals surface area contributed by atoms with Crippen LogP contribution in [0, 0.1) is 0 Å². The van der Waals surface area contributed by atoms with Crippen molar-refractivity contribution in [3.05, 3.63) is 60.2 Å². The highest BCUT2D eigenvalue weighted by molar-refractivity contribution is 6.02. The highest BCUT2D eigenvalue weighted by Crippen LogP contribution is 2.29. The van der Waals surface area contributed by atoms with Crippen molar-refractivity contribution >= 4 is 21.5 Å². The van der Waals surface area contributed by atoms with Crippen molar-refractivity contribution in [2.24, 2.45) is 0 Å². The van der Waals surface area contributed by atoms with Crippen LogP contribution in [0.5, 0.6) is 0 Å². The molecular weight excluding hydrogens is 244 g/mol. The molecule has 3 aromatic rings. The lowest BCUT2D eigenvalue weighted by Gasteiger charge is -2.15. The zero-order valence-corrected chi connectivity index (χ0v) is 11.8. The summed E-state index contributed by atoms with van der Waals surface area (Å²) >= 11 is 0. The van der Waals surface area contributed by atoms with Gasteiger partial charge in [0.2, 0.25) is 0 Å². The molecule has 20 heavy (non-hydrogen) atoms. The molecule has 1 atom stereocenters. The number of fused-ring (bicyclic) bond motifs is 2. The van der Waals surface area contributed by atoms with Crippen molar-refractivity contribution in [2.45, 2.75) is 32.3 Å². The molecule has 1 N–H and O–H groups in total. The van der Waals surface area contributed by atoms with E-state index in [0.29, 0.717) is 0 Å². The van der Waals surface area contributed by atoms with Crippen molar-refractivity contribution in [3.8, 4) is 0 Å². The summed E-state index contributed by atoms with van der Waals surface area (Å²) in [7, 11) is 0. The number of rotatable bonds is 4. The van der Waals surface area contributed by atoms with Crippen LogP contribution < -0.4 is 0 Å². The fraction of sp³-hybridized carbons (Fsp3) is 0.263. The van der Waals surface area contributed by atoms with E-state index in [9.17, 15) is 5.11 Å². The summed E-state index contributed by atoms with van der Waals surface area (Å²) in [6.07, 6.45) is 2.35. The molecule has 0 saturated carbocycles. The molecule has 3 rings (SSSR count). The highest BCUT2D eigenvalue weighted by Gasteiger charge is 2.11. The number of hydrogen-bond acceptors (Lipinski definition) is 1. The van der Waals surface area contributed by atoms with Crippen LogP contribution in [0.1, 0.15) is 25.3 Å². The van der Waals surface area contributed by atoms with Crippen LogP contribution in [-0.2, 0) is 6.42 Å². The fourth-order valence-corrected chi connectivity index (χ4v) is 3.00. The molecule has 0 spiro atoms. The maximum absolute atomic E-state index is 10.2. The predicted octanol–water partition coefficient (Wildman–Crippen LogP) is 4.70. The van der Waals surface area contributed by atoms with Gasteiger partial charge in [-0.15, -0.1) is 0 Å². The molecule has 1 nitrogen and oxygen atoms in total. The molecule has 0 aliphatic heterocycles. The zero-order valence-electron chi connectivity index (χ0n) is 11.8. The highest BCUT2D eigenvalue weighted by atomic mass is 16.3. The third-order valence-corrected chi connectivity index (χ3v) is 3.94. The molecule has 1 heteroatoms. The first kappa shape index (κ1) is 13.1. The van der Waals surface area contributed by atoms with Gasteiger partial charge in [0, 0.05) is 0 Å². The van der Waals surface area contributed by atoms with E-state index >= 15 is 0 Å². The normalized spacial score (nSPS) is 12.9. The molecular formula is C19H20O. The van der Waals surface area contributed by atoms with Gasteiger partial charge < -0.3 is 5.11 Å². The van der Waals surface area contributed by atoms with Gasteiger partial charge in [-0.2, -0.15) is 0 Å². The van der Waals surface area contributed by atoms with Gasteiger partial charge >= 0.3 is 0 Å². The second-order valence-corrected chi connectivity index (χ2v) is 5.44. The lowest BCUT2D eigenvalue weighted by molar-refractivity contribution is 0.164. The average Bonchev–Trinajstić information content (AvgIpc) is 2.47. The van der Waals surface area contributed by atoms with Gasteiger partial charge in [-0.25, -0.2) is 0 Å². The number of aliphatic hydroxyl groups excluding tert-OH is 1. The predicted molar refractivity (Wildman–Crippen MR) is 86.1 cm³/mol. The van der Waals surface area contributed by atoms with Crippen molar-refractivity contribution in [2.75, 3.05) is 0 Å². The first-order valence-corrected chi connectivity index (χ1v) is 7.37. The van der Waals surface area contributed by atoms with Crippen molar-refractivity contribution in [1.29, 1.82) is 0 Å². The molecule has 0 aromatic heterocycles. The molecule has 0 aliphatic carbocycles. The lowest BCUT2D eigenvalue weighted by Crippen LogP contribution is -2.10. The Balaban J connectivity index is 2.22. The molecule has 0 radical (unpaired) electrons. The molecule has 1 unspecified atom stereocenters. The van der Waals surface area contributed by atoms with Gasteiger partial charge in [-0.1, -0.05) is 61.9 Å². The van der Waals surface area contributed by atoms with Crippen LogP contribution in [0.25, 0.3) is 21.5 Å². The minimum Gasteiger partial charge on any atom is -0.393 e. The number of hydrogen-bond donors (Lipinski definition) is 1. The van der Waals surface area contributed by atoms with Crippen molar-refractivity contribution < 1.29 is 5.11 Å². The molecule has 0 amide bonds. The van der Waals surface area contributed by atoms with Crippen molar-refractivity contribution in [1.82, 2.24) is 0 Å². The quantitative estimate of drug-likeness (QED) is 0.677. The summed E-state index contributed by atoms with van der Waals surface area (Å²) in [5, 5.41) is 15.3. The third-order valence-electron chi connectivity index (χ3n) is 3.94. The van der Waals surface area contributed by atoms with Crippen LogP contribution in [0.3, 0.4) is 0 Å². The Bertz CT molecular complexity index is 676. The van der Waals surface area contributed by atoms with E-state index in [1.54, 1.807) is 0 Å². The van der Waals surface area contributed by atoms with Crippen LogP contribution in [0.15, 0.2) is 54.6 Å². The maximum atomic E-state index is 10.2. The van der Waals surface area contributed by atoms with Crippen LogP contribution in [-0.4, -0.2) is 11.2 Å². The topological polar surface area (TPSA) is 20.2 Å². The summed E-state index contributed by atoms with van der Waals surface area (Å²) in [6, 6.07) is 19.2. The monoisotopic (exact) mass is 264 g/mol. The summed E-state index contributed by atoms with van der Waals surface area (Å²) in [5.41, 5.74) is 1.28. The van der Waals surface area contributed by atoms with Gasteiger partial charge in [-0.05, 0) is 46.0 Å². The van der Waals surface area contributed by atoms with E-state index < -0.39 is 0 Å². The molecule has 0 saturated heterocycles. The summed E-state index contributed by atoms with van der Waals surface area (Å²) in [4.78, 5) is 0. The van der Waals surface area contributed by atoms with Crippen LogP contribution >= 0.6 is 0 Å². The Morgan fingerprint density at radius 2 is 1.45 bits per heavy atom. The Kier molecular flexibility index (Phi) is 3.70. The number of benzene rings is 3. The summed E-state index contributed by atoms with van der Waals surface area (Å²) < 4.78 is 0. The van der Waals surface area contributed by atoms with Gasteiger partial charge in [0.25, 0.3) is 0 Å². The smallest absolute Gasteiger partial charge is 0.0580 e. The average molecular weight is 264 g/mol. The largest absolute Gasteiger partial charge is 0.393 e. The maximum Gasteiger partial charge on any atom is 0.0580 e. The molecule has 0 aliphatic rings. The molecule has 0 bridgehead atoms. The Labute approximate surface area is 119 Å². The third kappa shape index (κ3) is 2.41.